The summed E-state index contributed by atoms with van der Waals surface area (Å²) >= 11 is 0. The van der Waals surface area contributed by atoms with Gasteiger partial charge in [0.25, 0.3) is 0 Å². The molecular formula is C22H24O2. The van der Waals surface area contributed by atoms with Crippen LogP contribution >= 0.6 is 0 Å². The molecule has 4 aliphatic rings. The molecule has 0 saturated heterocycles. The van der Waals surface area contributed by atoms with Gasteiger partial charge < -0.3 is 10.2 Å². The average molecular weight is 320 g/mol. The Morgan fingerprint density at radius 3 is 1.38 bits per heavy atom. The molecule has 0 heterocycles. The predicted octanol–water partition coefficient (Wildman–Crippen LogP) is 4.89. The molecule has 2 N–H and O–H groups in total. The Labute approximate surface area is 143 Å². The first kappa shape index (κ1) is 14.4. The van der Waals surface area contributed by atoms with Crippen molar-refractivity contribution >= 4 is 0 Å². The highest BCUT2D eigenvalue weighted by atomic mass is 16.3. The van der Waals surface area contributed by atoms with Gasteiger partial charge in [0.05, 0.1) is 0 Å². The van der Waals surface area contributed by atoms with Gasteiger partial charge in [-0.3, -0.25) is 0 Å². The summed E-state index contributed by atoms with van der Waals surface area (Å²) in [6.45, 7) is 0. The van der Waals surface area contributed by atoms with Crippen LogP contribution in [0.4, 0.5) is 0 Å². The maximum Gasteiger partial charge on any atom is 0.115 e. The van der Waals surface area contributed by atoms with E-state index in [4.69, 9.17) is 0 Å². The quantitative estimate of drug-likeness (QED) is 0.827. The third-order valence-electron chi connectivity index (χ3n) is 7.02. The molecule has 2 aromatic rings. The first-order valence-corrected chi connectivity index (χ1v) is 9.16. The zero-order valence-electron chi connectivity index (χ0n) is 13.9. The second kappa shape index (κ2) is 4.78. The van der Waals surface area contributed by atoms with Crippen LogP contribution in [0.2, 0.25) is 0 Å². The van der Waals surface area contributed by atoms with Crippen molar-refractivity contribution in [3.05, 3.63) is 59.7 Å². The molecule has 2 heteroatoms. The maximum atomic E-state index is 9.67. The number of benzene rings is 2. The summed E-state index contributed by atoms with van der Waals surface area (Å²) in [7, 11) is 0. The minimum absolute atomic E-state index is 0.273. The Balaban J connectivity index is 1.59. The molecule has 0 aromatic heterocycles. The zero-order chi connectivity index (χ0) is 16.4. The lowest BCUT2D eigenvalue weighted by atomic mass is 9.42. The second-order valence-corrected chi connectivity index (χ2v) is 8.62. The van der Waals surface area contributed by atoms with E-state index in [1.165, 1.54) is 49.7 Å². The Morgan fingerprint density at radius 2 is 1.00 bits per heavy atom. The van der Waals surface area contributed by atoms with Gasteiger partial charge in [-0.25, -0.2) is 0 Å². The topological polar surface area (TPSA) is 40.5 Å². The molecule has 0 amide bonds. The van der Waals surface area contributed by atoms with E-state index in [9.17, 15) is 10.2 Å². The number of phenols is 2. The normalized spacial score (nSPS) is 36.8. The highest BCUT2D eigenvalue weighted by molar-refractivity contribution is 5.40. The Bertz CT molecular complexity index is 682. The van der Waals surface area contributed by atoms with Crippen LogP contribution in [-0.2, 0) is 10.8 Å². The van der Waals surface area contributed by atoms with E-state index in [1.807, 2.05) is 24.3 Å². The Hall–Kier alpha value is -1.96. The molecule has 2 aromatic carbocycles. The summed E-state index contributed by atoms with van der Waals surface area (Å²) in [6, 6.07) is 16.0. The molecule has 24 heavy (non-hydrogen) atoms. The number of rotatable bonds is 2. The second-order valence-electron chi connectivity index (χ2n) is 8.62. The van der Waals surface area contributed by atoms with Crippen LogP contribution in [0.25, 0.3) is 0 Å². The first-order chi connectivity index (χ1) is 11.6. The zero-order valence-corrected chi connectivity index (χ0v) is 13.9. The summed E-state index contributed by atoms with van der Waals surface area (Å²) in [5, 5.41) is 19.3. The summed E-state index contributed by atoms with van der Waals surface area (Å²) in [6.07, 6.45) is 7.80. The van der Waals surface area contributed by atoms with Gasteiger partial charge in [0, 0.05) is 0 Å². The van der Waals surface area contributed by atoms with Crippen molar-refractivity contribution in [3.63, 3.8) is 0 Å². The van der Waals surface area contributed by atoms with Crippen molar-refractivity contribution in [3.8, 4) is 11.5 Å². The van der Waals surface area contributed by atoms with Crippen LogP contribution in [0.1, 0.15) is 49.7 Å². The Morgan fingerprint density at radius 1 is 0.625 bits per heavy atom. The van der Waals surface area contributed by atoms with Gasteiger partial charge in [-0.05, 0) is 96.6 Å². The van der Waals surface area contributed by atoms with Gasteiger partial charge >= 0.3 is 0 Å². The lowest BCUT2D eigenvalue weighted by molar-refractivity contribution is -0.0281. The SMILES string of the molecule is Oc1ccc(C23CC4CC(C2)CC(c2ccc(O)cc2)(C4)C3)cc1. The molecule has 6 rings (SSSR count). The molecule has 0 atom stereocenters. The fourth-order valence-corrected chi connectivity index (χ4v) is 6.57. The molecule has 4 saturated carbocycles. The standard InChI is InChI=1S/C22H24O2/c23-19-5-1-17(2-6-19)21-10-15-9-16(11-21)13-22(12-15,14-21)18-3-7-20(24)8-4-18/h1-8,15-16,23-24H,9-14H2. The lowest BCUT2D eigenvalue weighted by Gasteiger charge is -2.62. The largest absolute Gasteiger partial charge is 0.508 e. The Kier molecular flexibility index (Phi) is 2.87. The average Bonchev–Trinajstić information content (AvgIpc) is 2.54. The van der Waals surface area contributed by atoms with Gasteiger partial charge in [-0.2, -0.15) is 0 Å². The number of hydrogen-bond acceptors (Lipinski definition) is 2. The van der Waals surface area contributed by atoms with E-state index < -0.39 is 0 Å². The minimum atomic E-state index is 0.273. The summed E-state index contributed by atoms with van der Waals surface area (Å²) in [5.41, 5.74) is 3.38. The summed E-state index contributed by atoms with van der Waals surface area (Å²) in [4.78, 5) is 0. The molecule has 4 bridgehead atoms. The molecule has 4 fully saturated rings. The third kappa shape index (κ3) is 2.02. The monoisotopic (exact) mass is 320 g/mol. The van der Waals surface area contributed by atoms with Crippen molar-refractivity contribution in [1.29, 1.82) is 0 Å². The smallest absolute Gasteiger partial charge is 0.115 e. The molecule has 2 nitrogen and oxygen atoms in total. The van der Waals surface area contributed by atoms with Crippen LogP contribution in [0.5, 0.6) is 11.5 Å². The number of hydrogen-bond donors (Lipinski definition) is 2. The van der Waals surface area contributed by atoms with E-state index in [0.29, 0.717) is 11.5 Å². The molecule has 0 aliphatic heterocycles. The van der Waals surface area contributed by atoms with Crippen molar-refractivity contribution in [2.45, 2.75) is 49.4 Å². The molecular weight excluding hydrogens is 296 g/mol. The van der Waals surface area contributed by atoms with Crippen molar-refractivity contribution in [2.24, 2.45) is 11.8 Å². The van der Waals surface area contributed by atoms with Gasteiger partial charge in [0.1, 0.15) is 11.5 Å². The molecule has 0 spiro atoms. The van der Waals surface area contributed by atoms with E-state index in [0.717, 1.165) is 11.8 Å². The molecule has 124 valence electrons. The van der Waals surface area contributed by atoms with Gasteiger partial charge in [-0.15, -0.1) is 0 Å². The van der Waals surface area contributed by atoms with Crippen molar-refractivity contribution in [1.82, 2.24) is 0 Å². The molecule has 0 unspecified atom stereocenters. The van der Waals surface area contributed by atoms with E-state index >= 15 is 0 Å². The van der Waals surface area contributed by atoms with Crippen molar-refractivity contribution < 1.29 is 10.2 Å². The van der Waals surface area contributed by atoms with Crippen LogP contribution in [0.15, 0.2) is 48.5 Å². The van der Waals surface area contributed by atoms with Crippen molar-refractivity contribution in [2.75, 3.05) is 0 Å². The highest BCUT2D eigenvalue weighted by Gasteiger charge is 2.58. The highest BCUT2D eigenvalue weighted by Crippen LogP contribution is 2.66. The predicted molar refractivity (Wildman–Crippen MR) is 94.3 cm³/mol. The number of aromatic hydroxyl groups is 2. The molecule has 0 radical (unpaired) electrons. The van der Waals surface area contributed by atoms with Crippen LogP contribution in [-0.4, -0.2) is 10.2 Å². The fraction of sp³-hybridized carbons (Fsp3) is 0.455. The molecule has 4 aliphatic carbocycles. The fourth-order valence-electron chi connectivity index (χ4n) is 6.57. The summed E-state index contributed by atoms with van der Waals surface area (Å²) in [5.74, 6) is 2.34. The van der Waals surface area contributed by atoms with Crippen LogP contribution in [0.3, 0.4) is 0 Å². The van der Waals surface area contributed by atoms with Gasteiger partial charge in [0.2, 0.25) is 0 Å². The maximum absolute atomic E-state index is 9.67. The van der Waals surface area contributed by atoms with E-state index in [2.05, 4.69) is 24.3 Å². The van der Waals surface area contributed by atoms with Crippen LogP contribution < -0.4 is 0 Å². The van der Waals surface area contributed by atoms with Crippen LogP contribution in [0, 0.1) is 11.8 Å². The van der Waals surface area contributed by atoms with E-state index in [1.54, 1.807) is 0 Å². The lowest BCUT2D eigenvalue weighted by Crippen LogP contribution is -2.55. The van der Waals surface area contributed by atoms with Gasteiger partial charge in [0.15, 0.2) is 0 Å². The minimum Gasteiger partial charge on any atom is -0.508 e. The third-order valence-corrected chi connectivity index (χ3v) is 7.02. The first-order valence-electron chi connectivity index (χ1n) is 9.16. The van der Waals surface area contributed by atoms with Gasteiger partial charge in [-0.1, -0.05) is 24.3 Å². The number of phenolic OH excluding ortho intramolecular Hbond substituents is 2. The summed E-state index contributed by atoms with van der Waals surface area (Å²) < 4.78 is 0. The van der Waals surface area contributed by atoms with E-state index in [-0.39, 0.29) is 10.8 Å².